The van der Waals surface area contributed by atoms with Crippen molar-refractivity contribution in [2.75, 3.05) is 13.7 Å². The van der Waals surface area contributed by atoms with Crippen molar-refractivity contribution in [1.29, 1.82) is 0 Å². The van der Waals surface area contributed by atoms with Crippen molar-refractivity contribution in [3.8, 4) is 5.75 Å². The van der Waals surface area contributed by atoms with E-state index in [9.17, 15) is 4.79 Å². The van der Waals surface area contributed by atoms with Crippen LogP contribution in [0.25, 0.3) is 10.8 Å². The van der Waals surface area contributed by atoms with Gasteiger partial charge in [-0.25, -0.2) is 0 Å². The lowest BCUT2D eigenvalue weighted by molar-refractivity contribution is -0.142. The Morgan fingerprint density at radius 2 is 2.05 bits per heavy atom. The first-order valence-corrected chi connectivity index (χ1v) is 6.44. The second kappa shape index (κ2) is 5.93. The van der Waals surface area contributed by atoms with Gasteiger partial charge in [-0.1, -0.05) is 23.7 Å². The fourth-order valence-corrected chi connectivity index (χ4v) is 2.25. The Balaban J connectivity index is 2.37. The Kier molecular flexibility index (Phi) is 4.27. The largest absolute Gasteiger partial charge is 0.497 e. The van der Waals surface area contributed by atoms with Gasteiger partial charge < -0.3 is 9.47 Å². The van der Waals surface area contributed by atoms with Crippen molar-refractivity contribution >= 4 is 28.3 Å². The molecule has 2 aromatic carbocycles. The average molecular weight is 279 g/mol. The van der Waals surface area contributed by atoms with Crippen molar-refractivity contribution < 1.29 is 14.3 Å². The summed E-state index contributed by atoms with van der Waals surface area (Å²) in [6, 6.07) is 9.43. The molecule has 4 heteroatoms. The number of esters is 1. The lowest BCUT2D eigenvalue weighted by Crippen LogP contribution is -2.07. The van der Waals surface area contributed by atoms with E-state index >= 15 is 0 Å². The highest BCUT2D eigenvalue weighted by Crippen LogP contribution is 2.30. The molecule has 19 heavy (non-hydrogen) atoms. The van der Waals surface area contributed by atoms with Crippen LogP contribution in [0.3, 0.4) is 0 Å². The summed E-state index contributed by atoms with van der Waals surface area (Å²) in [4.78, 5) is 11.5. The summed E-state index contributed by atoms with van der Waals surface area (Å²) in [6.07, 6.45) is 0.189. The Morgan fingerprint density at radius 1 is 1.26 bits per heavy atom. The molecule has 0 bridgehead atoms. The summed E-state index contributed by atoms with van der Waals surface area (Å²) in [5.41, 5.74) is 0.776. The standard InChI is InChI=1S/C15H15ClO3/c1-3-19-14(17)9-11-5-4-10-8-12(18-2)6-7-13(10)15(11)16/h4-8H,3,9H2,1-2H3. The molecule has 0 amide bonds. The van der Waals surface area contributed by atoms with Crippen molar-refractivity contribution in [1.82, 2.24) is 0 Å². The van der Waals surface area contributed by atoms with Gasteiger partial charge >= 0.3 is 5.97 Å². The summed E-state index contributed by atoms with van der Waals surface area (Å²) in [7, 11) is 1.62. The summed E-state index contributed by atoms with van der Waals surface area (Å²) in [5, 5.41) is 2.48. The van der Waals surface area contributed by atoms with Crippen LogP contribution in [-0.2, 0) is 16.0 Å². The zero-order valence-electron chi connectivity index (χ0n) is 10.9. The molecule has 0 atom stereocenters. The number of hydrogen-bond acceptors (Lipinski definition) is 3. The zero-order valence-corrected chi connectivity index (χ0v) is 11.7. The van der Waals surface area contributed by atoms with Crippen LogP contribution < -0.4 is 4.74 Å². The van der Waals surface area contributed by atoms with E-state index in [1.165, 1.54) is 0 Å². The normalized spacial score (nSPS) is 10.5. The third-order valence-electron chi connectivity index (χ3n) is 2.88. The van der Waals surface area contributed by atoms with E-state index in [4.69, 9.17) is 21.1 Å². The second-order valence-electron chi connectivity index (χ2n) is 4.11. The number of rotatable bonds is 4. The number of methoxy groups -OCH3 is 1. The van der Waals surface area contributed by atoms with E-state index in [0.717, 1.165) is 22.1 Å². The van der Waals surface area contributed by atoms with E-state index in [2.05, 4.69) is 0 Å². The van der Waals surface area contributed by atoms with E-state index in [0.29, 0.717) is 11.6 Å². The van der Waals surface area contributed by atoms with Crippen LogP contribution in [0.4, 0.5) is 0 Å². The minimum atomic E-state index is -0.266. The molecule has 2 rings (SSSR count). The van der Waals surface area contributed by atoms with Crippen molar-refractivity contribution in [2.45, 2.75) is 13.3 Å². The topological polar surface area (TPSA) is 35.5 Å². The van der Waals surface area contributed by atoms with Gasteiger partial charge in [0.25, 0.3) is 0 Å². The third kappa shape index (κ3) is 2.99. The van der Waals surface area contributed by atoms with Gasteiger partial charge in [0.1, 0.15) is 5.75 Å². The van der Waals surface area contributed by atoms with Gasteiger partial charge in [-0.15, -0.1) is 0 Å². The van der Waals surface area contributed by atoms with Crippen LogP contribution in [0.15, 0.2) is 30.3 Å². The molecule has 0 aromatic heterocycles. The van der Waals surface area contributed by atoms with Crippen LogP contribution in [-0.4, -0.2) is 19.7 Å². The van der Waals surface area contributed by atoms with E-state index in [1.54, 1.807) is 14.0 Å². The first-order chi connectivity index (χ1) is 9.15. The first kappa shape index (κ1) is 13.7. The minimum Gasteiger partial charge on any atom is -0.497 e. The molecule has 0 N–H and O–H groups in total. The average Bonchev–Trinajstić information content (AvgIpc) is 2.42. The maximum Gasteiger partial charge on any atom is 0.310 e. The van der Waals surface area contributed by atoms with Crippen LogP contribution >= 0.6 is 11.6 Å². The molecule has 0 heterocycles. The van der Waals surface area contributed by atoms with Gasteiger partial charge in [0.05, 0.1) is 25.2 Å². The lowest BCUT2D eigenvalue weighted by atomic mass is 10.0. The SMILES string of the molecule is CCOC(=O)Cc1ccc2cc(OC)ccc2c1Cl. The molecular weight excluding hydrogens is 264 g/mol. The Labute approximate surface area is 117 Å². The van der Waals surface area contributed by atoms with Gasteiger partial charge in [-0.3, -0.25) is 4.79 Å². The first-order valence-electron chi connectivity index (χ1n) is 6.06. The Hall–Kier alpha value is -1.74. The van der Waals surface area contributed by atoms with Crippen molar-refractivity contribution in [2.24, 2.45) is 0 Å². The second-order valence-corrected chi connectivity index (χ2v) is 4.49. The van der Waals surface area contributed by atoms with Gasteiger partial charge in [0.2, 0.25) is 0 Å². The Morgan fingerprint density at radius 3 is 2.74 bits per heavy atom. The highest BCUT2D eigenvalue weighted by atomic mass is 35.5. The Bertz CT molecular complexity index is 608. The van der Waals surface area contributed by atoms with Gasteiger partial charge in [-0.2, -0.15) is 0 Å². The number of hydrogen-bond donors (Lipinski definition) is 0. The molecule has 2 aromatic rings. The van der Waals surface area contributed by atoms with Gasteiger partial charge in [0.15, 0.2) is 0 Å². The molecule has 0 aliphatic carbocycles. The molecule has 0 radical (unpaired) electrons. The van der Waals surface area contributed by atoms with Crippen molar-refractivity contribution in [3.05, 3.63) is 40.9 Å². The predicted octanol–water partition coefficient (Wildman–Crippen LogP) is 3.61. The third-order valence-corrected chi connectivity index (χ3v) is 3.33. The fourth-order valence-electron chi connectivity index (χ4n) is 1.95. The lowest BCUT2D eigenvalue weighted by Gasteiger charge is -2.09. The summed E-state index contributed by atoms with van der Waals surface area (Å²) >= 11 is 6.33. The molecule has 3 nitrogen and oxygen atoms in total. The molecule has 100 valence electrons. The van der Waals surface area contributed by atoms with Gasteiger partial charge in [0, 0.05) is 5.39 Å². The number of carbonyl (C=O) groups is 1. The van der Waals surface area contributed by atoms with E-state index in [1.807, 2.05) is 30.3 Å². The summed E-state index contributed by atoms with van der Waals surface area (Å²) in [5.74, 6) is 0.513. The number of halogens is 1. The molecule has 0 saturated heterocycles. The molecule has 0 aliphatic heterocycles. The fraction of sp³-hybridized carbons (Fsp3) is 0.267. The maximum absolute atomic E-state index is 11.5. The van der Waals surface area contributed by atoms with E-state index in [-0.39, 0.29) is 12.4 Å². The van der Waals surface area contributed by atoms with Crippen LogP contribution in [0, 0.1) is 0 Å². The molecule has 0 aliphatic rings. The van der Waals surface area contributed by atoms with Crippen molar-refractivity contribution in [3.63, 3.8) is 0 Å². The zero-order chi connectivity index (χ0) is 13.8. The smallest absolute Gasteiger partial charge is 0.310 e. The summed E-state index contributed by atoms with van der Waals surface area (Å²) in [6.45, 7) is 2.16. The predicted molar refractivity (Wildman–Crippen MR) is 75.8 cm³/mol. The highest BCUT2D eigenvalue weighted by Gasteiger charge is 2.11. The molecular formula is C15H15ClO3. The number of fused-ring (bicyclic) bond motifs is 1. The van der Waals surface area contributed by atoms with E-state index < -0.39 is 0 Å². The maximum atomic E-state index is 11.5. The van der Waals surface area contributed by atoms with Crippen LogP contribution in [0.1, 0.15) is 12.5 Å². The van der Waals surface area contributed by atoms with Crippen LogP contribution in [0.2, 0.25) is 5.02 Å². The molecule has 0 fully saturated rings. The minimum absolute atomic E-state index is 0.189. The van der Waals surface area contributed by atoms with Gasteiger partial charge in [-0.05, 0) is 36.1 Å². The number of benzene rings is 2. The highest BCUT2D eigenvalue weighted by molar-refractivity contribution is 6.36. The van der Waals surface area contributed by atoms with Crippen LogP contribution in [0.5, 0.6) is 5.75 Å². The summed E-state index contributed by atoms with van der Waals surface area (Å²) < 4.78 is 10.1. The monoisotopic (exact) mass is 278 g/mol. The molecule has 0 unspecified atom stereocenters. The quantitative estimate of drug-likeness (QED) is 0.802. The molecule has 0 spiro atoms. The number of carbonyl (C=O) groups excluding carboxylic acids is 1. The molecule has 0 saturated carbocycles. The number of ether oxygens (including phenoxy) is 2.